The molecule has 34 heavy (non-hydrogen) atoms. The molecule has 1 aliphatic heterocycles. The van der Waals surface area contributed by atoms with Gasteiger partial charge in [-0.05, 0) is 17.7 Å². The number of hydrogen-bond acceptors (Lipinski definition) is 7. The van der Waals surface area contributed by atoms with Crippen molar-refractivity contribution in [2.24, 2.45) is 10.2 Å². The summed E-state index contributed by atoms with van der Waals surface area (Å²) in [5.41, 5.74) is 2.71. The molecule has 0 spiro atoms. The van der Waals surface area contributed by atoms with Crippen molar-refractivity contribution in [3.05, 3.63) is 90.3 Å². The van der Waals surface area contributed by atoms with Crippen LogP contribution in [0.5, 0.6) is 0 Å². The SMILES string of the molecule is O=C(Nc1cccc(NC(=O)c2nc(-c3ccccc3)n[nH]2)n1)C1=NN=C(c2ccccc2)C1. The zero-order valence-corrected chi connectivity index (χ0v) is 17.8. The number of benzene rings is 2. The maximum atomic E-state index is 12.6. The molecular formula is C24H18N8O2. The highest BCUT2D eigenvalue weighted by Gasteiger charge is 2.21. The summed E-state index contributed by atoms with van der Waals surface area (Å²) in [5.74, 6) is 0.0477. The van der Waals surface area contributed by atoms with E-state index in [1.165, 1.54) is 0 Å². The quantitative estimate of drug-likeness (QED) is 0.414. The number of nitrogens with one attached hydrogen (secondary N) is 3. The summed E-state index contributed by atoms with van der Waals surface area (Å²) >= 11 is 0. The fourth-order valence-corrected chi connectivity index (χ4v) is 3.28. The van der Waals surface area contributed by atoms with Crippen LogP contribution in [0.2, 0.25) is 0 Å². The van der Waals surface area contributed by atoms with Gasteiger partial charge in [-0.3, -0.25) is 14.7 Å². The largest absolute Gasteiger partial charge is 0.305 e. The first-order chi connectivity index (χ1) is 16.7. The highest BCUT2D eigenvalue weighted by molar-refractivity contribution is 6.47. The van der Waals surface area contributed by atoms with Gasteiger partial charge in [-0.1, -0.05) is 66.7 Å². The average molecular weight is 450 g/mol. The van der Waals surface area contributed by atoms with Crippen LogP contribution in [-0.2, 0) is 4.79 Å². The summed E-state index contributed by atoms with van der Waals surface area (Å²) in [4.78, 5) is 33.7. The summed E-state index contributed by atoms with van der Waals surface area (Å²) in [7, 11) is 0. The molecule has 0 atom stereocenters. The lowest BCUT2D eigenvalue weighted by atomic mass is 10.1. The second-order valence-electron chi connectivity index (χ2n) is 7.33. The van der Waals surface area contributed by atoms with Gasteiger partial charge in [0.1, 0.15) is 17.3 Å². The van der Waals surface area contributed by atoms with Crippen LogP contribution in [0, 0.1) is 0 Å². The minimum Gasteiger partial charge on any atom is -0.305 e. The van der Waals surface area contributed by atoms with Gasteiger partial charge in [0.15, 0.2) is 5.82 Å². The fraction of sp³-hybridized carbons (Fsp3) is 0.0417. The van der Waals surface area contributed by atoms with Crippen molar-refractivity contribution < 1.29 is 9.59 Å². The number of pyridine rings is 1. The highest BCUT2D eigenvalue weighted by atomic mass is 16.2. The molecule has 10 heteroatoms. The van der Waals surface area contributed by atoms with E-state index in [1.807, 2.05) is 60.7 Å². The maximum absolute atomic E-state index is 12.6. The normalized spacial score (nSPS) is 12.6. The number of carbonyl (C=O) groups excluding carboxylic acids is 2. The smallest absolute Gasteiger partial charge is 0.294 e. The molecule has 0 radical (unpaired) electrons. The predicted molar refractivity (Wildman–Crippen MR) is 128 cm³/mol. The number of aromatic amines is 1. The second-order valence-corrected chi connectivity index (χ2v) is 7.33. The minimum absolute atomic E-state index is 0.0426. The van der Waals surface area contributed by atoms with Gasteiger partial charge in [0, 0.05) is 12.0 Å². The third kappa shape index (κ3) is 4.60. The number of amides is 2. The first kappa shape index (κ1) is 20.9. The Morgan fingerprint density at radius 1 is 0.706 bits per heavy atom. The average Bonchev–Trinajstić information content (AvgIpc) is 3.56. The first-order valence-corrected chi connectivity index (χ1v) is 10.4. The van der Waals surface area contributed by atoms with E-state index in [0.29, 0.717) is 12.2 Å². The van der Waals surface area contributed by atoms with Gasteiger partial charge in [0.05, 0.1) is 5.71 Å². The fourth-order valence-electron chi connectivity index (χ4n) is 3.28. The predicted octanol–water partition coefficient (Wildman–Crippen LogP) is 3.31. The van der Waals surface area contributed by atoms with Gasteiger partial charge >= 0.3 is 0 Å². The van der Waals surface area contributed by atoms with Crippen LogP contribution < -0.4 is 10.6 Å². The molecule has 2 aromatic carbocycles. The van der Waals surface area contributed by atoms with E-state index >= 15 is 0 Å². The molecule has 0 saturated heterocycles. The van der Waals surface area contributed by atoms with E-state index in [0.717, 1.165) is 16.8 Å². The summed E-state index contributed by atoms with van der Waals surface area (Å²) in [5, 5.41) is 20.2. The van der Waals surface area contributed by atoms with E-state index < -0.39 is 11.8 Å². The number of anilines is 2. The summed E-state index contributed by atoms with van der Waals surface area (Å²) in [6.45, 7) is 0. The Bertz CT molecular complexity index is 1410. The molecule has 0 fully saturated rings. The van der Waals surface area contributed by atoms with Crippen LogP contribution in [-0.4, -0.2) is 43.4 Å². The van der Waals surface area contributed by atoms with Crippen molar-refractivity contribution in [3.63, 3.8) is 0 Å². The number of rotatable bonds is 6. The lowest BCUT2D eigenvalue weighted by Gasteiger charge is -2.07. The lowest BCUT2D eigenvalue weighted by molar-refractivity contribution is -0.110. The Labute approximate surface area is 193 Å². The van der Waals surface area contributed by atoms with Crippen LogP contribution in [0.3, 0.4) is 0 Å². The van der Waals surface area contributed by atoms with Crippen molar-refractivity contribution >= 4 is 34.9 Å². The van der Waals surface area contributed by atoms with E-state index in [4.69, 9.17) is 0 Å². The first-order valence-electron chi connectivity index (χ1n) is 10.4. The van der Waals surface area contributed by atoms with Crippen molar-refractivity contribution in [3.8, 4) is 11.4 Å². The second kappa shape index (κ2) is 9.25. The molecule has 2 aromatic heterocycles. The van der Waals surface area contributed by atoms with Crippen molar-refractivity contribution in [2.45, 2.75) is 6.42 Å². The molecule has 1 aliphatic rings. The molecular weight excluding hydrogens is 432 g/mol. The number of aromatic nitrogens is 4. The van der Waals surface area contributed by atoms with Crippen LogP contribution in [0.15, 0.2) is 89.1 Å². The Kier molecular flexibility index (Phi) is 5.68. The van der Waals surface area contributed by atoms with Crippen LogP contribution in [0.1, 0.15) is 22.6 Å². The lowest BCUT2D eigenvalue weighted by Crippen LogP contribution is -2.24. The Morgan fingerprint density at radius 3 is 2.06 bits per heavy atom. The van der Waals surface area contributed by atoms with E-state index in [9.17, 15) is 9.59 Å². The Morgan fingerprint density at radius 2 is 1.35 bits per heavy atom. The molecule has 0 bridgehead atoms. The highest BCUT2D eigenvalue weighted by Crippen LogP contribution is 2.16. The molecule has 3 N–H and O–H groups in total. The maximum Gasteiger partial charge on any atom is 0.294 e. The van der Waals surface area contributed by atoms with E-state index in [-0.39, 0.29) is 23.2 Å². The van der Waals surface area contributed by atoms with Crippen molar-refractivity contribution in [2.75, 3.05) is 10.6 Å². The number of nitrogens with zero attached hydrogens (tertiary/aromatic N) is 5. The van der Waals surface area contributed by atoms with Crippen molar-refractivity contribution in [1.29, 1.82) is 0 Å². The number of carbonyl (C=O) groups is 2. The third-order valence-corrected chi connectivity index (χ3v) is 4.96. The number of hydrogen-bond donors (Lipinski definition) is 3. The standard InChI is InChI=1S/C24H18N8O2/c33-23(18-14-17(29-30-18)15-8-3-1-4-9-15)26-19-12-7-13-20(25-19)27-24(34)22-28-21(31-32-22)16-10-5-2-6-11-16/h1-13H,14H2,(H,28,31,32)(H2,25,26,27,33,34). The Balaban J connectivity index is 1.21. The summed E-state index contributed by atoms with van der Waals surface area (Å²) in [6.07, 6.45) is 0.321. The topological polar surface area (TPSA) is 137 Å². The number of H-pyrrole nitrogens is 1. The molecule has 0 aliphatic carbocycles. The van der Waals surface area contributed by atoms with Gasteiger partial charge in [-0.15, -0.1) is 5.10 Å². The van der Waals surface area contributed by atoms with Gasteiger partial charge in [-0.2, -0.15) is 10.2 Å². The molecule has 10 nitrogen and oxygen atoms in total. The molecule has 3 heterocycles. The molecule has 4 aromatic rings. The zero-order valence-electron chi connectivity index (χ0n) is 17.8. The van der Waals surface area contributed by atoms with Gasteiger partial charge in [0.25, 0.3) is 11.8 Å². The molecule has 166 valence electrons. The molecule has 2 amide bonds. The van der Waals surface area contributed by atoms with Gasteiger partial charge < -0.3 is 10.6 Å². The zero-order chi connectivity index (χ0) is 23.3. The Hall–Kier alpha value is -4.99. The summed E-state index contributed by atoms with van der Waals surface area (Å²) < 4.78 is 0. The third-order valence-electron chi connectivity index (χ3n) is 4.96. The van der Waals surface area contributed by atoms with Gasteiger partial charge in [0.2, 0.25) is 5.82 Å². The van der Waals surface area contributed by atoms with Crippen LogP contribution in [0.4, 0.5) is 11.6 Å². The molecule has 5 rings (SSSR count). The molecule has 0 unspecified atom stereocenters. The summed E-state index contributed by atoms with van der Waals surface area (Å²) in [6, 6.07) is 23.7. The minimum atomic E-state index is -0.508. The van der Waals surface area contributed by atoms with Gasteiger partial charge in [-0.25, -0.2) is 9.97 Å². The van der Waals surface area contributed by atoms with E-state index in [2.05, 4.69) is 41.0 Å². The van der Waals surface area contributed by atoms with Crippen LogP contribution in [0.25, 0.3) is 11.4 Å². The van der Waals surface area contributed by atoms with Crippen LogP contribution >= 0.6 is 0 Å². The van der Waals surface area contributed by atoms with E-state index in [1.54, 1.807) is 18.2 Å². The monoisotopic (exact) mass is 450 g/mol. The molecule has 0 saturated carbocycles. The van der Waals surface area contributed by atoms with Crippen molar-refractivity contribution in [1.82, 2.24) is 20.2 Å².